The van der Waals surface area contributed by atoms with Crippen LogP contribution in [0.3, 0.4) is 0 Å². The number of benzene rings is 4. The first-order chi connectivity index (χ1) is 29.8. The molecule has 1 aliphatic heterocycles. The van der Waals surface area contributed by atoms with Crippen LogP contribution in [0.4, 0.5) is 5.69 Å². The lowest BCUT2D eigenvalue weighted by Gasteiger charge is -2.38. The van der Waals surface area contributed by atoms with Crippen molar-refractivity contribution in [1.82, 2.24) is 10.6 Å². The minimum Gasteiger partial charge on any atom is -0.371 e. The maximum Gasteiger partial charge on any atom is 0.246 e. The van der Waals surface area contributed by atoms with Gasteiger partial charge in [0.1, 0.15) is 15.1 Å². The molecule has 0 saturated heterocycles. The first-order valence-corrected chi connectivity index (χ1v) is 25.4. The lowest BCUT2D eigenvalue weighted by atomic mass is 9.85. The van der Waals surface area contributed by atoms with Crippen molar-refractivity contribution in [3.05, 3.63) is 162 Å². The van der Waals surface area contributed by atoms with Gasteiger partial charge in [-0.25, -0.2) is 4.58 Å². The van der Waals surface area contributed by atoms with E-state index >= 15 is 0 Å². The van der Waals surface area contributed by atoms with Crippen LogP contribution in [0, 0.1) is 0 Å². The molecule has 4 aromatic carbocycles. The molecule has 0 bridgehead atoms. The lowest BCUT2D eigenvalue weighted by molar-refractivity contribution is -0.484. The van der Waals surface area contributed by atoms with Crippen molar-refractivity contribution in [2.24, 2.45) is 0 Å². The summed E-state index contributed by atoms with van der Waals surface area (Å²) in [5.74, 6) is 0.0754. The molecule has 6 nitrogen and oxygen atoms in total. The Hall–Kier alpha value is -5.63. The van der Waals surface area contributed by atoms with Crippen LogP contribution in [0.25, 0.3) is 27.1 Å². The van der Waals surface area contributed by atoms with Crippen molar-refractivity contribution in [3.63, 3.8) is 0 Å². The fourth-order valence-corrected chi connectivity index (χ4v) is 12.2. The summed E-state index contributed by atoms with van der Waals surface area (Å²) >= 11 is 0. The summed E-state index contributed by atoms with van der Waals surface area (Å²) in [4.78, 5) is 26.6. The number of anilines is 1. The van der Waals surface area contributed by atoms with Crippen LogP contribution in [0.2, 0.25) is 13.1 Å². The van der Waals surface area contributed by atoms with E-state index in [1.165, 1.54) is 76.7 Å². The third kappa shape index (κ3) is 10.0. The van der Waals surface area contributed by atoms with Crippen LogP contribution in [0.15, 0.2) is 139 Å². The van der Waals surface area contributed by atoms with Gasteiger partial charge in [0.25, 0.3) is 0 Å². The van der Waals surface area contributed by atoms with Crippen LogP contribution in [-0.2, 0) is 22.6 Å². The number of nitrogens with zero attached hydrogens (tertiary/aromatic N) is 2. The summed E-state index contributed by atoms with van der Waals surface area (Å²) in [5.41, 5.74) is 11.4. The highest BCUT2D eigenvalue weighted by Crippen LogP contribution is 2.44. The average molecular weight is 844 g/mol. The van der Waals surface area contributed by atoms with Crippen molar-refractivity contribution in [2.75, 3.05) is 45.2 Å². The molecule has 7 heteroatoms. The number of Topliss-reactive ketones (excluding diaryl/α,β-unsaturated/α-hetero) is 1. The van der Waals surface area contributed by atoms with Crippen molar-refractivity contribution < 1.29 is 14.2 Å². The Bertz CT molecular complexity index is 2570. The Morgan fingerprint density at radius 1 is 0.806 bits per heavy atom. The second-order valence-electron chi connectivity index (χ2n) is 17.7. The van der Waals surface area contributed by atoms with Crippen molar-refractivity contribution in [3.8, 4) is 0 Å². The molecule has 2 aliphatic rings. The predicted molar refractivity (Wildman–Crippen MR) is 269 cm³/mol. The molecule has 0 aromatic heterocycles. The molecule has 0 atom stereocenters. The molecular weight excluding hydrogens is 777 g/mol. The molecular formula is C55H67N4O2Si+. The molecule has 0 radical (unpaired) electrons. The molecule has 1 aliphatic carbocycles. The second kappa shape index (κ2) is 20.5. The van der Waals surface area contributed by atoms with Crippen molar-refractivity contribution >= 4 is 63.5 Å². The summed E-state index contributed by atoms with van der Waals surface area (Å²) < 4.78 is 2.28. The number of amides is 1. The Balaban J connectivity index is 1.49. The number of allylic oxidation sites excluding steroid dienone is 6. The Labute approximate surface area is 371 Å². The van der Waals surface area contributed by atoms with E-state index in [4.69, 9.17) is 0 Å². The van der Waals surface area contributed by atoms with E-state index in [1.807, 2.05) is 19.1 Å². The molecule has 322 valence electrons. The number of carbonyl (C=O) groups excluding carboxylic acids is 2. The molecule has 1 heterocycles. The third-order valence-corrected chi connectivity index (χ3v) is 16.2. The first kappa shape index (κ1) is 45.9. The predicted octanol–water partition coefficient (Wildman–Crippen LogP) is 10.5. The average Bonchev–Trinajstić information content (AvgIpc) is 3.26. The first-order valence-electron chi connectivity index (χ1n) is 22.4. The zero-order valence-corrected chi connectivity index (χ0v) is 39.2. The van der Waals surface area contributed by atoms with E-state index in [1.54, 1.807) is 6.92 Å². The zero-order valence-electron chi connectivity index (χ0n) is 38.2. The number of nitrogens with one attached hydrogen (secondary N) is 2. The summed E-state index contributed by atoms with van der Waals surface area (Å²) in [6.07, 6.45) is 17.4. The number of fused-ring (bicyclic) bond motifs is 4. The minimum absolute atomic E-state index is 0.0957. The zero-order chi connectivity index (χ0) is 44.6. The largest absolute Gasteiger partial charge is 0.371 e. The number of unbranched alkanes of at least 4 members (excludes halogenated alkanes) is 3. The standard InChI is InChI=1S/C55H66N4O2Si/c1-11-32-58(7)41-25-28-47-52(35-41)62(9,10)53-36-42(59(8)33-12-2)26-29-48(53)54(47)40-24-27-46-49(34-40)44(20-15-13-14-16-23-51(60)38(3)4)43-21-17-18-22-45(43)50(46)37-56-30-19-31-57-55(61)39(5)6/h11-12,17-18,21-22,24-29,34-36,56H,1-3,5,13-16,19-20,23,30-33,37H2,4,6-10H3/p+1. The molecule has 0 fully saturated rings. The number of rotatable bonds is 21. The number of likely N-dealkylation sites (N-methyl/N-ethyl adjacent to an activating group) is 2. The maximum atomic E-state index is 12.3. The third-order valence-electron chi connectivity index (χ3n) is 12.7. The van der Waals surface area contributed by atoms with E-state index < -0.39 is 8.07 Å². The van der Waals surface area contributed by atoms with Crippen LogP contribution in [-0.4, -0.2) is 70.3 Å². The molecule has 2 N–H and O–H groups in total. The molecule has 0 spiro atoms. The van der Waals surface area contributed by atoms with Gasteiger partial charge in [-0.05, 0) is 147 Å². The van der Waals surface area contributed by atoms with Crippen LogP contribution >= 0.6 is 0 Å². The molecule has 1 amide bonds. The van der Waals surface area contributed by atoms with Gasteiger partial charge in [0, 0.05) is 56.5 Å². The Morgan fingerprint density at radius 3 is 2.24 bits per heavy atom. The summed E-state index contributed by atoms with van der Waals surface area (Å²) in [5, 5.41) is 14.7. The van der Waals surface area contributed by atoms with Crippen molar-refractivity contribution in [2.45, 2.75) is 78.4 Å². The van der Waals surface area contributed by atoms with Crippen LogP contribution < -0.4 is 20.7 Å². The Kier molecular flexibility index (Phi) is 15.2. The fraction of sp³-hybridized carbons (Fsp3) is 0.327. The molecule has 62 heavy (non-hydrogen) atoms. The molecule has 0 unspecified atom stereocenters. The maximum absolute atomic E-state index is 12.3. The van der Waals surface area contributed by atoms with E-state index in [0.29, 0.717) is 30.7 Å². The number of hydrogen-bond acceptors (Lipinski definition) is 4. The monoisotopic (exact) mass is 844 g/mol. The highest BCUT2D eigenvalue weighted by Gasteiger charge is 2.40. The van der Waals surface area contributed by atoms with E-state index in [2.05, 4.69) is 153 Å². The number of carbonyl (C=O) groups is 2. The quantitative estimate of drug-likeness (QED) is 0.0219. The molecule has 0 saturated carbocycles. The van der Waals surface area contributed by atoms with Gasteiger partial charge >= 0.3 is 0 Å². The smallest absolute Gasteiger partial charge is 0.246 e. The number of ketones is 1. The van der Waals surface area contributed by atoms with E-state index in [-0.39, 0.29) is 11.7 Å². The van der Waals surface area contributed by atoms with Crippen LogP contribution in [0.1, 0.15) is 74.6 Å². The van der Waals surface area contributed by atoms with Gasteiger partial charge in [0.2, 0.25) is 5.91 Å². The summed E-state index contributed by atoms with van der Waals surface area (Å²) in [6, 6.07) is 23.2. The lowest BCUT2D eigenvalue weighted by Crippen LogP contribution is -2.49. The van der Waals surface area contributed by atoms with Crippen LogP contribution in [0.5, 0.6) is 0 Å². The highest BCUT2D eigenvalue weighted by molar-refractivity contribution is 6.98. The second-order valence-corrected chi connectivity index (χ2v) is 22.1. The molecule has 6 rings (SSSR count). The van der Waals surface area contributed by atoms with E-state index in [9.17, 15) is 9.59 Å². The van der Waals surface area contributed by atoms with Gasteiger partial charge in [0.15, 0.2) is 18.0 Å². The van der Waals surface area contributed by atoms with Gasteiger partial charge in [-0.15, -0.1) is 6.58 Å². The van der Waals surface area contributed by atoms with Gasteiger partial charge in [0.05, 0.1) is 0 Å². The van der Waals surface area contributed by atoms with Gasteiger partial charge in [-0.2, -0.15) is 0 Å². The van der Waals surface area contributed by atoms with Crippen molar-refractivity contribution in [1.29, 1.82) is 0 Å². The fourth-order valence-electron chi connectivity index (χ4n) is 9.11. The normalized spacial score (nSPS) is 14.8. The number of aryl methyl sites for hydroxylation is 1. The topological polar surface area (TPSA) is 64.5 Å². The van der Waals surface area contributed by atoms with Gasteiger partial charge < -0.3 is 15.5 Å². The van der Waals surface area contributed by atoms with Gasteiger partial charge in [-0.3, -0.25) is 9.59 Å². The summed E-state index contributed by atoms with van der Waals surface area (Å²) in [6.45, 7) is 27.8. The SMILES string of the molecule is C=CCN(C)c1ccc2c(c1)[Si](C)(C)C1=CC(=[N+](C)CC=C)C=CC1=C2c1ccc2c(CNCCCNC(=O)C(=C)C)c3ccccc3c(CCCCCCC(=O)C(=C)C)c2c1. The molecule has 4 aromatic rings. The number of hydrogen-bond donors (Lipinski definition) is 2. The Morgan fingerprint density at radius 2 is 1.53 bits per heavy atom. The highest BCUT2D eigenvalue weighted by atomic mass is 28.3. The van der Waals surface area contributed by atoms with E-state index in [0.717, 1.165) is 58.2 Å². The minimum atomic E-state index is -2.18. The van der Waals surface area contributed by atoms with Gasteiger partial charge in [-0.1, -0.05) is 94.2 Å². The summed E-state index contributed by atoms with van der Waals surface area (Å²) in [7, 11) is 2.11.